The molecule has 0 saturated carbocycles. The van der Waals surface area contributed by atoms with Gasteiger partial charge >= 0.3 is 0 Å². The second-order valence-electron chi connectivity index (χ2n) is 7.76. The van der Waals surface area contributed by atoms with Crippen LogP contribution in [0.15, 0.2) is 40.6 Å². The van der Waals surface area contributed by atoms with E-state index in [1.54, 1.807) is 0 Å². The van der Waals surface area contributed by atoms with E-state index in [0.717, 1.165) is 41.4 Å². The van der Waals surface area contributed by atoms with E-state index >= 15 is 0 Å². The first-order valence-corrected chi connectivity index (χ1v) is 10.0. The molecule has 0 amide bonds. The van der Waals surface area contributed by atoms with Crippen molar-refractivity contribution >= 4 is 46.8 Å². The number of fused-ring (bicyclic) bond motifs is 2. The Balaban J connectivity index is 2.03. The van der Waals surface area contributed by atoms with Crippen molar-refractivity contribution in [1.82, 2.24) is 4.57 Å². The molecule has 4 nitrogen and oxygen atoms in total. The van der Waals surface area contributed by atoms with E-state index in [9.17, 15) is 4.79 Å². The topological polar surface area (TPSA) is 37.6 Å². The summed E-state index contributed by atoms with van der Waals surface area (Å²) < 4.78 is 2.03. The molecule has 2 heterocycles. The van der Waals surface area contributed by atoms with Gasteiger partial charge in [-0.1, -0.05) is 50.2 Å². The first-order valence-electron chi connectivity index (χ1n) is 9.64. The Morgan fingerprint density at radius 3 is 2.71 bits per heavy atom. The smallest absolute Gasteiger partial charge is 0.200 e. The summed E-state index contributed by atoms with van der Waals surface area (Å²) in [4.78, 5) is 20.3. The Bertz CT molecular complexity index is 1190. The fourth-order valence-corrected chi connectivity index (χ4v) is 4.14. The molecule has 0 radical (unpaired) electrons. The van der Waals surface area contributed by atoms with E-state index in [-0.39, 0.29) is 5.43 Å². The molecule has 1 aliphatic heterocycles. The maximum absolute atomic E-state index is 13.3. The second-order valence-corrected chi connectivity index (χ2v) is 8.20. The third-order valence-electron chi connectivity index (χ3n) is 5.21. The number of nitrogens with zero attached hydrogens (tertiary/aromatic N) is 3. The van der Waals surface area contributed by atoms with Crippen LogP contribution >= 0.6 is 11.6 Å². The number of benzene rings is 1. The van der Waals surface area contributed by atoms with Gasteiger partial charge in [-0.05, 0) is 37.0 Å². The molecule has 2 aromatic rings. The molecule has 1 aromatic heterocycles. The van der Waals surface area contributed by atoms with Crippen LogP contribution in [0.3, 0.4) is 0 Å². The standard InChI is InChI=1S/C23H24ClN3O/c1-14(2)12-20-25-23-21(15(3)27(20)17-9-7-8-16(24)13-17)22(28)18-10-5-6-11-19(18)26(23)4/h7-11,13-14H,3,5-6,12H2,1-2,4H3. The SMILES string of the molecule is C=C1c2c(n(C)c3c(c2=O)=CCCC=3)N=C(CC(C)C)N1c1cccc(Cl)c1. The van der Waals surface area contributed by atoms with Crippen LogP contribution in [0.25, 0.3) is 17.8 Å². The summed E-state index contributed by atoms with van der Waals surface area (Å²) in [5.41, 5.74) is 2.10. The van der Waals surface area contributed by atoms with Crippen LogP contribution in [-0.2, 0) is 7.05 Å². The van der Waals surface area contributed by atoms with Gasteiger partial charge in [0, 0.05) is 34.7 Å². The van der Waals surface area contributed by atoms with Gasteiger partial charge in [-0.3, -0.25) is 9.69 Å². The third-order valence-corrected chi connectivity index (χ3v) is 5.45. The van der Waals surface area contributed by atoms with Crippen LogP contribution < -0.4 is 20.9 Å². The van der Waals surface area contributed by atoms with Crippen molar-refractivity contribution in [3.8, 4) is 0 Å². The second kappa shape index (κ2) is 7.10. The molecule has 0 unspecified atom stereocenters. The van der Waals surface area contributed by atoms with E-state index in [1.165, 1.54) is 0 Å². The number of amidine groups is 1. The molecule has 4 rings (SSSR count). The van der Waals surface area contributed by atoms with Gasteiger partial charge in [0.2, 0.25) is 5.43 Å². The Labute approximate surface area is 169 Å². The van der Waals surface area contributed by atoms with Crippen molar-refractivity contribution in [2.24, 2.45) is 18.0 Å². The Morgan fingerprint density at radius 1 is 1.25 bits per heavy atom. The Morgan fingerprint density at radius 2 is 2.00 bits per heavy atom. The zero-order chi connectivity index (χ0) is 20.0. The van der Waals surface area contributed by atoms with Crippen LogP contribution in [-0.4, -0.2) is 10.4 Å². The lowest BCUT2D eigenvalue weighted by Gasteiger charge is -2.33. The highest BCUT2D eigenvalue weighted by Crippen LogP contribution is 2.35. The minimum absolute atomic E-state index is 0.00317. The largest absolute Gasteiger partial charge is 0.328 e. The average molecular weight is 394 g/mol. The van der Waals surface area contributed by atoms with Gasteiger partial charge in [0.1, 0.15) is 11.7 Å². The highest BCUT2D eigenvalue weighted by Gasteiger charge is 2.29. The molecule has 1 aromatic carbocycles. The van der Waals surface area contributed by atoms with Crippen molar-refractivity contribution < 1.29 is 0 Å². The van der Waals surface area contributed by atoms with Crippen molar-refractivity contribution in [3.05, 3.63) is 62.2 Å². The number of rotatable bonds is 3. The molecule has 0 saturated heterocycles. The van der Waals surface area contributed by atoms with Crippen molar-refractivity contribution in [2.75, 3.05) is 4.90 Å². The lowest BCUT2D eigenvalue weighted by atomic mass is 10.0. The summed E-state index contributed by atoms with van der Waals surface area (Å²) in [5.74, 6) is 1.98. The van der Waals surface area contributed by atoms with Gasteiger partial charge in [-0.15, -0.1) is 0 Å². The fraction of sp³-hybridized carbons (Fsp3) is 0.304. The highest BCUT2D eigenvalue weighted by molar-refractivity contribution is 6.31. The van der Waals surface area contributed by atoms with Crippen molar-refractivity contribution in [2.45, 2.75) is 33.1 Å². The van der Waals surface area contributed by atoms with E-state index in [4.69, 9.17) is 16.6 Å². The first kappa shape index (κ1) is 18.8. The van der Waals surface area contributed by atoms with E-state index in [1.807, 2.05) is 46.9 Å². The van der Waals surface area contributed by atoms with Crippen LogP contribution in [0, 0.1) is 5.92 Å². The van der Waals surface area contributed by atoms with Gasteiger partial charge in [0.15, 0.2) is 0 Å². The van der Waals surface area contributed by atoms with Crippen LogP contribution in [0.5, 0.6) is 0 Å². The summed E-state index contributed by atoms with van der Waals surface area (Å²) in [6.07, 6.45) is 6.75. The minimum atomic E-state index is 0.00317. The molecular weight excluding hydrogens is 370 g/mol. The Kier molecular flexibility index (Phi) is 4.76. The summed E-state index contributed by atoms with van der Waals surface area (Å²) in [6.45, 7) is 8.63. The third kappa shape index (κ3) is 3.02. The molecule has 0 N–H and O–H groups in total. The van der Waals surface area contributed by atoms with Gasteiger partial charge in [-0.25, -0.2) is 4.99 Å². The molecule has 0 atom stereocenters. The van der Waals surface area contributed by atoms with Crippen molar-refractivity contribution in [1.29, 1.82) is 0 Å². The zero-order valence-corrected chi connectivity index (χ0v) is 17.3. The maximum Gasteiger partial charge on any atom is 0.200 e. The minimum Gasteiger partial charge on any atom is -0.328 e. The molecule has 0 spiro atoms. The average Bonchev–Trinajstić information content (AvgIpc) is 2.65. The number of aliphatic imine (C=N–C) groups is 1. The molecule has 5 heteroatoms. The summed E-state index contributed by atoms with van der Waals surface area (Å²) in [6, 6.07) is 7.60. The number of anilines is 1. The monoisotopic (exact) mass is 393 g/mol. The summed E-state index contributed by atoms with van der Waals surface area (Å²) in [7, 11) is 1.98. The number of hydrogen-bond donors (Lipinski definition) is 0. The normalized spacial score (nSPS) is 15.5. The first-order chi connectivity index (χ1) is 13.4. The Hall–Kier alpha value is -2.59. The van der Waals surface area contributed by atoms with Crippen LogP contribution in [0.2, 0.25) is 5.02 Å². The van der Waals surface area contributed by atoms with Crippen LogP contribution in [0.1, 0.15) is 38.7 Å². The quantitative estimate of drug-likeness (QED) is 0.791. The summed E-state index contributed by atoms with van der Waals surface area (Å²) in [5, 5.41) is 2.34. The fourth-order valence-electron chi connectivity index (χ4n) is 3.96. The van der Waals surface area contributed by atoms with E-state index in [2.05, 4.69) is 26.5 Å². The molecular formula is C23H24ClN3O. The van der Waals surface area contributed by atoms with Crippen molar-refractivity contribution in [3.63, 3.8) is 0 Å². The maximum atomic E-state index is 13.3. The van der Waals surface area contributed by atoms with Gasteiger partial charge < -0.3 is 4.57 Å². The predicted octanol–water partition coefficient (Wildman–Crippen LogP) is 3.96. The van der Waals surface area contributed by atoms with Crippen LogP contribution in [0.4, 0.5) is 11.5 Å². The van der Waals surface area contributed by atoms with E-state index < -0.39 is 0 Å². The lowest BCUT2D eigenvalue weighted by Crippen LogP contribution is -2.49. The van der Waals surface area contributed by atoms with Gasteiger partial charge in [0.05, 0.1) is 11.3 Å². The number of halogens is 1. The zero-order valence-electron chi connectivity index (χ0n) is 16.5. The lowest BCUT2D eigenvalue weighted by molar-refractivity contribution is 0.678. The molecule has 0 fully saturated rings. The van der Waals surface area contributed by atoms with Gasteiger partial charge in [0.25, 0.3) is 0 Å². The molecule has 1 aliphatic carbocycles. The number of pyridine rings is 1. The number of aromatic nitrogens is 1. The summed E-state index contributed by atoms with van der Waals surface area (Å²) >= 11 is 6.25. The van der Waals surface area contributed by atoms with E-state index in [0.29, 0.717) is 28.0 Å². The molecule has 144 valence electrons. The highest BCUT2D eigenvalue weighted by atomic mass is 35.5. The molecule has 28 heavy (non-hydrogen) atoms. The molecule has 0 bridgehead atoms. The number of hydrogen-bond acceptors (Lipinski definition) is 3. The molecule has 2 aliphatic rings. The van der Waals surface area contributed by atoms with Gasteiger partial charge in [-0.2, -0.15) is 0 Å². The predicted molar refractivity (Wildman–Crippen MR) is 119 cm³/mol.